The molecule has 0 fully saturated rings. The van der Waals surface area contributed by atoms with Crippen LogP contribution in [0.15, 0.2) is 24.3 Å². The van der Waals surface area contributed by atoms with E-state index < -0.39 is 0 Å². The predicted octanol–water partition coefficient (Wildman–Crippen LogP) is 0.983. The Labute approximate surface area is 104 Å². The average molecular weight is 237 g/mol. The van der Waals surface area contributed by atoms with Gasteiger partial charge >= 0.3 is 0 Å². The van der Waals surface area contributed by atoms with Gasteiger partial charge in [0.2, 0.25) is 0 Å². The number of nitrogens with one attached hydrogen (secondary N) is 2. The Kier molecular flexibility index (Phi) is 6.62. The number of rotatable bonds is 8. The summed E-state index contributed by atoms with van der Waals surface area (Å²) in [4.78, 5) is 0. The third-order valence-corrected chi connectivity index (χ3v) is 2.63. The minimum Gasteiger partial charge on any atom is -0.398 e. The second-order valence-electron chi connectivity index (χ2n) is 4.18. The number of nitrogens with two attached hydrogens (primary N) is 1. The molecule has 0 aliphatic heterocycles. The van der Waals surface area contributed by atoms with E-state index in [4.69, 9.17) is 10.5 Å². The van der Waals surface area contributed by atoms with Crippen LogP contribution in [0.5, 0.6) is 0 Å². The van der Waals surface area contributed by atoms with Crippen LogP contribution in [0.1, 0.15) is 12.5 Å². The van der Waals surface area contributed by atoms with E-state index in [1.54, 1.807) is 7.11 Å². The minimum absolute atomic E-state index is 0.409. The number of benzene rings is 1. The highest BCUT2D eigenvalue weighted by atomic mass is 16.5. The summed E-state index contributed by atoms with van der Waals surface area (Å²) >= 11 is 0. The largest absolute Gasteiger partial charge is 0.398 e. The fraction of sp³-hybridized carbons (Fsp3) is 0.538. The SMILES string of the molecule is COCCNCC(C)NCc1ccccc1N. The number of ether oxygens (including phenoxy) is 1. The normalized spacial score (nSPS) is 12.6. The number of anilines is 1. The molecule has 0 saturated heterocycles. The third kappa shape index (κ3) is 5.68. The van der Waals surface area contributed by atoms with Crippen molar-refractivity contribution in [2.24, 2.45) is 0 Å². The maximum atomic E-state index is 5.87. The highest BCUT2D eigenvalue weighted by Crippen LogP contribution is 2.09. The van der Waals surface area contributed by atoms with Crippen LogP contribution in [0.4, 0.5) is 5.69 Å². The van der Waals surface area contributed by atoms with E-state index in [1.165, 1.54) is 0 Å². The molecule has 0 amide bonds. The molecule has 1 unspecified atom stereocenters. The van der Waals surface area contributed by atoms with Gasteiger partial charge < -0.3 is 21.1 Å². The number of methoxy groups -OCH3 is 1. The summed E-state index contributed by atoms with van der Waals surface area (Å²) in [5.41, 5.74) is 7.87. The molecule has 4 N–H and O–H groups in total. The van der Waals surface area contributed by atoms with Gasteiger partial charge in [-0.15, -0.1) is 0 Å². The van der Waals surface area contributed by atoms with Crippen LogP contribution < -0.4 is 16.4 Å². The first-order chi connectivity index (χ1) is 8.24. The fourth-order valence-corrected chi connectivity index (χ4v) is 1.54. The van der Waals surface area contributed by atoms with Crippen LogP contribution in [0.2, 0.25) is 0 Å². The number of nitrogen functional groups attached to an aromatic ring is 1. The Morgan fingerprint density at radius 1 is 1.35 bits per heavy atom. The van der Waals surface area contributed by atoms with Gasteiger partial charge in [0.15, 0.2) is 0 Å². The first kappa shape index (κ1) is 14.0. The van der Waals surface area contributed by atoms with Gasteiger partial charge in [0.05, 0.1) is 6.61 Å². The van der Waals surface area contributed by atoms with E-state index in [0.717, 1.165) is 37.5 Å². The molecule has 0 radical (unpaired) electrons. The molecule has 1 aromatic rings. The summed E-state index contributed by atoms with van der Waals surface area (Å²) in [7, 11) is 1.71. The molecule has 0 aromatic heterocycles. The molecule has 4 heteroatoms. The molecule has 1 atom stereocenters. The van der Waals surface area contributed by atoms with Crippen molar-refractivity contribution in [2.45, 2.75) is 19.5 Å². The molecule has 0 aliphatic rings. The Bertz CT molecular complexity index is 317. The molecule has 0 aliphatic carbocycles. The molecule has 4 nitrogen and oxygen atoms in total. The lowest BCUT2D eigenvalue weighted by Crippen LogP contribution is -2.37. The van der Waals surface area contributed by atoms with Gasteiger partial charge in [-0.3, -0.25) is 0 Å². The second kappa shape index (κ2) is 8.06. The van der Waals surface area contributed by atoms with E-state index in [0.29, 0.717) is 6.04 Å². The minimum atomic E-state index is 0.409. The lowest BCUT2D eigenvalue weighted by molar-refractivity contribution is 0.198. The number of para-hydroxylation sites is 1. The zero-order valence-corrected chi connectivity index (χ0v) is 10.7. The van der Waals surface area contributed by atoms with Crippen molar-refractivity contribution >= 4 is 5.69 Å². The van der Waals surface area contributed by atoms with Gasteiger partial charge in [0.25, 0.3) is 0 Å². The summed E-state index contributed by atoms with van der Waals surface area (Å²) in [5.74, 6) is 0. The third-order valence-electron chi connectivity index (χ3n) is 2.63. The lowest BCUT2D eigenvalue weighted by Gasteiger charge is -2.15. The zero-order valence-electron chi connectivity index (χ0n) is 10.7. The Hall–Kier alpha value is -1.10. The first-order valence-electron chi connectivity index (χ1n) is 6.00. The van der Waals surface area contributed by atoms with Crippen LogP contribution in [0.3, 0.4) is 0 Å². The van der Waals surface area contributed by atoms with Crippen LogP contribution in [-0.2, 0) is 11.3 Å². The molecule has 1 rings (SSSR count). The molecular weight excluding hydrogens is 214 g/mol. The Balaban J connectivity index is 2.19. The fourth-order valence-electron chi connectivity index (χ4n) is 1.54. The summed E-state index contributed by atoms with van der Waals surface area (Å²) in [6, 6.07) is 8.35. The van der Waals surface area contributed by atoms with Crippen molar-refractivity contribution in [1.29, 1.82) is 0 Å². The molecular formula is C13H23N3O. The molecule has 0 spiro atoms. The molecule has 17 heavy (non-hydrogen) atoms. The van der Waals surface area contributed by atoms with Gasteiger partial charge in [0, 0.05) is 38.5 Å². The summed E-state index contributed by atoms with van der Waals surface area (Å²) in [5, 5.41) is 6.75. The van der Waals surface area contributed by atoms with Crippen LogP contribution in [-0.4, -0.2) is 32.8 Å². The van der Waals surface area contributed by atoms with Gasteiger partial charge in [-0.25, -0.2) is 0 Å². The maximum Gasteiger partial charge on any atom is 0.0587 e. The Morgan fingerprint density at radius 3 is 2.82 bits per heavy atom. The van der Waals surface area contributed by atoms with Crippen LogP contribution >= 0.6 is 0 Å². The zero-order chi connectivity index (χ0) is 12.5. The van der Waals surface area contributed by atoms with E-state index in [-0.39, 0.29) is 0 Å². The smallest absolute Gasteiger partial charge is 0.0587 e. The van der Waals surface area contributed by atoms with Crippen molar-refractivity contribution < 1.29 is 4.74 Å². The van der Waals surface area contributed by atoms with Crippen LogP contribution in [0, 0.1) is 0 Å². The molecule has 1 aromatic carbocycles. The van der Waals surface area contributed by atoms with Crippen molar-refractivity contribution in [3.05, 3.63) is 29.8 Å². The standard InChI is InChI=1S/C13H23N3O/c1-11(9-15-7-8-17-2)16-10-12-5-3-4-6-13(12)14/h3-6,11,15-16H,7-10,14H2,1-2H3. The highest BCUT2D eigenvalue weighted by Gasteiger charge is 2.02. The maximum absolute atomic E-state index is 5.87. The summed E-state index contributed by atoms with van der Waals surface area (Å²) < 4.78 is 4.97. The van der Waals surface area contributed by atoms with Crippen molar-refractivity contribution in [2.75, 3.05) is 32.5 Å². The number of hydrogen-bond donors (Lipinski definition) is 3. The van der Waals surface area contributed by atoms with Crippen molar-refractivity contribution in [3.8, 4) is 0 Å². The molecule has 96 valence electrons. The summed E-state index contributed by atoms with van der Waals surface area (Å²) in [6.45, 7) is 5.52. The molecule has 0 saturated carbocycles. The second-order valence-corrected chi connectivity index (χ2v) is 4.18. The average Bonchev–Trinajstić information content (AvgIpc) is 2.34. The van der Waals surface area contributed by atoms with Crippen molar-refractivity contribution in [3.63, 3.8) is 0 Å². The Morgan fingerprint density at radius 2 is 2.12 bits per heavy atom. The highest BCUT2D eigenvalue weighted by molar-refractivity contribution is 5.46. The predicted molar refractivity (Wildman–Crippen MR) is 71.9 cm³/mol. The molecule has 0 heterocycles. The quantitative estimate of drug-likeness (QED) is 0.466. The van der Waals surface area contributed by atoms with Crippen molar-refractivity contribution in [1.82, 2.24) is 10.6 Å². The monoisotopic (exact) mass is 237 g/mol. The topological polar surface area (TPSA) is 59.3 Å². The van der Waals surface area contributed by atoms with Gasteiger partial charge in [0.1, 0.15) is 0 Å². The summed E-state index contributed by atoms with van der Waals surface area (Å²) in [6.07, 6.45) is 0. The van der Waals surface area contributed by atoms with Gasteiger partial charge in [-0.2, -0.15) is 0 Å². The van der Waals surface area contributed by atoms with Gasteiger partial charge in [-0.1, -0.05) is 18.2 Å². The lowest BCUT2D eigenvalue weighted by atomic mass is 10.1. The van der Waals surface area contributed by atoms with E-state index in [1.807, 2.05) is 24.3 Å². The van der Waals surface area contributed by atoms with Gasteiger partial charge in [-0.05, 0) is 18.6 Å². The molecule has 0 bridgehead atoms. The first-order valence-corrected chi connectivity index (χ1v) is 6.00. The van der Waals surface area contributed by atoms with Crippen LogP contribution in [0.25, 0.3) is 0 Å². The number of hydrogen-bond acceptors (Lipinski definition) is 4. The van der Waals surface area contributed by atoms with E-state index >= 15 is 0 Å². The van der Waals surface area contributed by atoms with E-state index in [9.17, 15) is 0 Å². The van der Waals surface area contributed by atoms with E-state index in [2.05, 4.69) is 17.6 Å².